The highest BCUT2D eigenvalue weighted by Gasteiger charge is 2.40. The maximum atomic E-state index is 10.4. The van der Waals surface area contributed by atoms with Gasteiger partial charge < -0.3 is 19.8 Å². The van der Waals surface area contributed by atoms with Crippen LogP contribution in [0.4, 0.5) is 11.4 Å². The standard InChI is InChI=1S/C107H110N10/c1-102(2,3)77-53-72(54-78(59-77)103(4,5)6)99-89-46-44-87(112-89)98(88-45-47-90(113-88)100(73-55-79(104(7,8)9)60-80(56-73)105(10,11)12)92-49-51-94(115-92)101(93-50-48-91(99)114-93)74-57-81(106(13,14)15)61-82(58-74)107(16,17)18)71-34-30-67(31-35-71)27-26-66-28-32-68(33-29-66)85-23-21-25-95-86(85)24-22-52-117(95)84-42-38-70(39-43-84)97(76(64-110)65-111)96(75(62-108)63-109)69-36-40-83(41-37-69)116(19)20/h28-51,53-61,85-86,95,112,115H,21-25,52H2,1-20H3/t85-,86-,95-/m1/s1. The van der Waals surface area contributed by atoms with Gasteiger partial charge in [-0.25, -0.2) is 9.97 Å². The summed E-state index contributed by atoms with van der Waals surface area (Å²) in [6.45, 7) is 42.5. The Morgan fingerprint density at radius 3 is 1.04 bits per heavy atom. The van der Waals surface area contributed by atoms with Crippen LogP contribution in [-0.2, 0) is 32.5 Å². The van der Waals surface area contributed by atoms with Crippen LogP contribution < -0.4 is 9.80 Å². The summed E-state index contributed by atoms with van der Waals surface area (Å²) in [6, 6.07) is 72.3. The minimum Gasteiger partial charge on any atom is -0.378 e. The minimum absolute atomic E-state index is 0.135. The molecule has 4 aliphatic rings. The summed E-state index contributed by atoms with van der Waals surface area (Å²) in [7, 11) is 3.87. The number of nitriles is 4. The van der Waals surface area contributed by atoms with Gasteiger partial charge in [0.25, 0.3) is 0 Å². The topological polar surface area (TPSA) is 159 Å². The molecule has 0 spiro atoms. The van der Waals surface area contributed by atoms with Gasteiger partial charge in [0.1, 0.15) is 35.4 Å². The van der Waals surface area contributed by atoms with E-state index in [1.165, 1.54) is 38.9 Å². The van der Waals surface area contributed by atoms with Gasteiger partial charge in [0.05, 0.1) is 22.8 Å². The van der Waals surface area contributed by atoms with Crippen LogP contribution in [-0.4, -0.2) is 46.6 Å². The molecule has 10 heteroatoms. The highest BCUT2D eigenvalue weighted by atomic mass is 15.2. The van der Waals surface area contributed by atoms with Crippen molar-refractivity contribution in [1.82, 2.24) is 19.9 Å². The molecule has 10 nitrogen and oxygen atoms in total. The number of H-pyrrole nitrogens is 2. The molecule has 2 fully saturated rings. The first-order valence-electron chi connectivity index (χ1n) is 41.5. The van der Waals surface area contributed by atoms with Crippen molar-refractivity contribution in [3.05, 3.63) is 271 Å². The number of fused-ring (bicyclic) bond motifs is 9. The van der Waals surface area contributed by atoms with Crippen LogP contribution in [0.15, 0.2) is 187 Å². The van der Waals surface area contributed by atoms with E-state index in [1.807, 2.05) is 55.4 Å². The third-order valence-corrected chi connectivity index (χ3v) is 24.2. The second-order valence-electron chi connectivity index (χ2n) is 38.9. The van der Waals surface area contributed by atoms with Crippen LogP contribution in [0.2, 0.25) is 0 Å². The predicted octanol–water partition coefficient (Wildman–Crippen LogP) is 26.4. The van der Waals surface area contributed by atoms with E-state index < -0.39 is 0 Å². The second kappa shape index (κ2) is 31.4. The molecule has 7 aromatic carbocycles. The molecule has 14 rings (SSSR count). The van der Waals surface area contributed by atoms with Gasteiger partial charge in [-0.1, -0.05) is 246 Å². The van der Waals surface area contributed by atoms with Gasteiger partial charge in [0, 0.05) is 105 Å². The molecule has 3 aromatic heterocycles. The van der Waals surface area contributed by atoms with Crippen molar-refractivity contribution in [3.8, 4) is 80.6 Å². The number of hydrogen-bond acceptors (Lipinski definition) is 8. The number of anilines is 2. The van der Waals surface area contributed by atoms with Gasteiger partial charge in [0.15, 0.2) is 0 Å². The van der Waals surface area contributed by atoms with E-state index in [-0.39, 0.29) is 54.8 Å². The molecule has 2 N–H and O–H groups in total. The van der Waals surface area contributed by atoms with Gasteiger partial charge >= 0.3 is 0 Å². The molecular formula is C107H110N10. The Balaban J connectivity index is 0.863. The summed E-state index contributed by atoms with van der Waals surface area (Å²) in [6.07, 6.45) is 14.3. The number of hydrogen-bond donors (Lipinski definition) is 2. The summed E-state index contributed by atoms with van der Waals surface area (Å²) in [5, 5.41) is 41.3. The van der Waals surface area contributed by atoms with Crippen molar-refractivity contribution in [3.63, 3.8) is 0 Å². The van der Waals surface area contributed by atoms with Crippen LogP contribution in [0.25, 0.3) is 102 Å². The summed E-state index contributed by atoms with van der Waals surface area (Å²) in [5.41, 5.74) is 28.9. The van der Waals surface area contributed by atoms with Crippen molar-refractivity contribution in [2.45, 2.75) is 201 Å². The molecule has 0 unspecified atom stereocenters. The zero-order valence-electron chi connectivity index (χ0n) is 72.1. The Kier molecular flexibility index (Phi) is 21.8. The molecule has 0 radical (unpaired) electrons. The largest absolute Gasteiger partial charge is 0.378 e. The number of rotatable bonds is 10. The first-order valence-corrected chi connectivity index (χ1v) is 41.5. The number of benzene rings is 7. The lowest BCUT2D eigenvalue weighted by molar-refractivity contribution is 0.210. The summed E-state index contributed by atoms with van der Waals surface area (Å²) >= 11 is 0. The van der Waals surface area contributed by atoms with Crippen molar-refractivity contribution < 1.29 is 0 Å². The Hall–Kier alpha value is -12.3. The molecule has 117 heavy (non-hydrogen) atoms. The molecule has 1 saturated heterocycles. The van der Waals surface area contributed by atoms with Gasteiger partial charge in [-0.3, -0.25) is 0 Å². The first kappa shape index (κ1) is 81.3. The van der Waals surface area contributed by atoms with Gasteiger partial charge in [0.2, 0.25) is 0 Å². The van der Waals surface area contributed by atoms with Crippen molar-refractivity contribution in [1.29, 1.82) is 21.0 Å². The van der Waals surface area contributed by atoms with E-state index in [0.29, 0.717) is 29.0 Å². The fraction of sp³-hybridized carbons (Fsp3) is 0.327. The minimum atomic E-state index is -0.171. The maximum Gasteiger partial charge on any atom is 0.138 e. The van der Waals surface area contributed by atoms with E-state index in [9.17, 15) is 21.0 Å². The summed E-state index contributed by atoms with van der Waals surface area (Å²) < 4.78 is 0. The third kappa shape index (κ3) is 16.8. The van der Waals surface area contributed by atoms with Crippen molar-refractivity contribution >= 4 is 68.9 Å². The highest BCUT2D eigenvalue weighted by molar-refractivity contribution is 6.11. The fourth-order valence-corrected chi connectivity index (χ4v) is 17.3. The normalized spacial score (nSPS) is 15.6. The first-order chi connectivity index (χ1) is 55.4. The predicted molar refractivity (Wildman–Crippen MR) is 489 cm³/mol. The number of piperidine rings is 1. The van der Waals surface area contributed by atoms with Crippen molar-refractivity contribution in [2.75, 3.05) is 30.4 Å². The highest BCUT2D eigenvalue weighted by Crippen LogP contribution is 2.49. The van der Waals surface area contributed by atoms with Crippen LogP contribution in [0.3, 0.4) is 0 Å². The van der Waals surface area contributed by atoms with Crippen LogP contribution in [0.1, 0.15) is 247 Å². The van der Waals surface area contributed by atoms with Gasteiger partial charge in [-0.2, -0.15) is 21.0 Å². The van der Waals surface area contributed by atoms with Crippen molar-refractivity contribution in [2.24, 2.45) is 5.92 Å². The fourth-order valence-electron chi connectivity index (χ4n) is 17.3. The lowest BCUT2D eigenvalue weighted by Crippen LogP contribution is -2.49. The SMILES string of the molecule is CN(C)c1ccc(C(=C(C#N)C#N)C(=C(C#N)C#N)c2ccc(N3CCC[C@@H]4[C@@H](c5ccc(C#Cc6ccc(-c7c8nc(c(-c9cc(C(C)(C)C)cc(C(C)(C)C)c9)c9ccc([nH]9)c(-c9cc(C(C)(C)C)cc(C(C)(C)C)c9)c9nc(c(-c%10cc(C(C)(C)C)cc(C(C)(C)C)c%10)c%10ccc7[nH]%10)C=C9)C=C8)cc6)cc5)CCC[C@H]43)cc2)cc1. The molecule has 6 heterocycles. The number of aromatic amines is 2. The van der Waals surface area contributed by atoms with E-state index in [0.717, 1.165) is 151 Å². The Labute approximate surface area is 694 Å². The Bertz CT molecular complexity index is 5930. The van der Waals surface area contributed by atoms with Crippen LogP contribution in [0, 0.1) is 63.1 Å². The van der Waals surface area contributed by atoms with E-state index >= 15 is 0 Å². The molecule has 3 aliphatic heterocycles. The molecule has 0 amide bonds. The van der Waals surface area contributed by atoms with Gasteiger partial charge in [-0.15, -0.1) is 0 Å². The van der Waals surface area contributed by atoms with Crippen LogP contribution in [0.5, 0.6) is 0 Å². The quantitative estimate of drug-likeness (QED) is 0.0778. The number of aromatic nitrogens is 4. The smallest absolute Gasteiger partial charge is 0.138 e. The van der Waals surface area contributed by atoms with E-state index in [4.69, 9.17) is 9.97 Å². The third-order valence-electron chi connectivity index (χ3n) is 24.2. The average molecular weight is 1540 g/mol. The molecule has 588 valence electrons. The van der Waals surface area contributed by atoms with E-state index in [1.54, 1.807) is 0 Å². The lowest BCUT2D eigenvalue weighted by Gasteiger charge is -2.49. The maximum absolute atomic E-state index is 10.4. The lowest BCUT2D eigenvalue weighted by atomic mass is 9.68. The van der Waals surface area contributed by atoms with E-state index in [2.05, 4.69) is 339 Å². The summed E-state index contributed by atoms with van der Waals surface area (Å²) in [5.74, 6) is 7.92. The van der Waals surface area contributed by atoms with Gasteiger partial charge in [-0.05, 0) is 239 Å². The Morgan fingerprint density at radius 1 is 0.376 bits per heavy atom. The zero-order valence-corrected chi connectivity index (χ0v) is 72.1. The summed E-state index contributed by atoms with van der Waals surface area (Å²) in [4.78, 5) is 24.5. The zero-order chi connectivity index (χ0) is 83.6. The number of nitrogens with zero attached hydrogens (tertiary/aromatic N) is 8. The monoisotopic (exact) mass is 1530 g/mol. The Morgan fingerprint density at radius 2 is 0.709 bits per heavy atom. The molecule has 1 aliphatic carbocycles. The average Bonchev–Trinajstić information content (AvgIpc) is 1.54. The number of allylic oxidation sites excluding steroid dienone is 4. The molecule has 3 atom stereocenters. The molecule has 10 aromatic rings. The molecule has 8 bridgehead atoms. The number of nitrogens with one attached hydrogen (secondary N) is 2. The molecular weight excluding hydrogens is 1430 g/mol. The molecule has 1 saturated carbocycles. The van der Waals surface area contributed by atoms with Crippen LogP contribution >= 0.6 is 0 Å². The second-order valence-corrected chi connectivity index (χ2v) is 38.9.